The fraction of sp³-hybridized carbons (Fsp3) is 0.429. The molecule has 27 heavy (non-hydrogen) atoms. The predicted octanol–water partition coefficient (Wildman–Crippen LogP) is 6.30. The van der Waals surface area contributed by atoms with Crippen molar-refractivity contribution in [3.8, 4) is 11.8 Å². The Morgan fingerprint density at radius 2 is 1.93 bits per heavy atom. The molecule has 0 N–H and O–H groups in total. The lowest BCUT2D eigenvalue weighted by atomic mass is 9.91. The van der Waals surface area contributed by atoms with E-state index in [9.17, 15) is 22.0 Å². The minimum atomic E-state index is -4.81. The first-order valence-electron chi connectivity index (χ1n) is 8.91. The second kappa shape index (κ2) is 7.85. The molecule has 3 rings (SSSR count). The maximum atomic E-state index is 14.5. The van der Waals surface area contributed by atoms with Gasteiger partial charge in [0, 0.05) is 11.3 Å². The van der Waals surface area contributed by atoms with Gasteiger partial charge in [0.05, 0.1) is 18.3 Å². The van der Waals surface area contributed by atoms with Crippen molar-refractivity contribution in [2.24, 2.45) is 5.92 Å². The molecular formula is C21H19F5O. The number of benzene rings is 2. The Hall–Kier alpha value is -2.13. The normalized spacial score (nSPS) is 20.4. The summed E-state index contributed by atoms with van der Waals surface area (Å²) in [5, 5.41) is 0.311. The molecule has 1 fully saturated rings. The molecule has 0 spiro atoms. The van der Waals surface area contributed by atoms with Crippen LogP contribution in [-0.2, 0) is 4.74 Å². The highest BCUT2D eigenvalue weighted by atomic mass is 19.4. The summed E-state index contributed by atoms with van der Waals surface area (Å²) in [4.78, 5) is 0. The fourth-order valence-electron chi connectivity index (χ4n) is 3.50. The van der Waals surface area contributed by atoms with Gasteiger partial charge in [0.1, 0.15) is 11.6 Å². The molecule has 144 valence electrons. The van der Waals surface area contributed by atoms with Crippen molar-refractivity contribution in [3.05, 3.63) is 47.0 Å². The zero-order valence-corrected chi connectivity index (χ0v) is 14.8. The van der Waals surface area contributed by atoms with Crippen LogP contribution in [0.1, 0.15) is 49.8 Å². The van der Waals surface area contributed by atoms with E-state index in [1.165, 1.54) is 6.07 Å². The van der Waals surface area contributed by atoms with E-state index in [2.05, 4.69) is 6.92 Å². The average molecular weight is 382 g/mol. The van der Waals surface area contributed by atoms with Crippen LogP contribution < -0.4 is 0 Å². The van der Waals surface area contributed by atoms with Gasteiger partial charge >= 0.3 is 6.18 Å². The van der Waals surface area contributed by atoms with Gasteiger partial charge in [-0.2, -0.15) is 13.2 Å². The Labute approximate surface area is 154 Å². The van der Waals surface area contributed by atoms with E-state index in [0.717, 1.165) is 43.2 Å². The van der Waals surface area contributed by atoms with Crippen LogP contribution in [0.5, 0.6) is 0 Å². The molecule has 2 atom stereocenters. The maximum Gasteiger partial charge on any atom is 0.458 e. The summed E-state index contributed by atoms with van der Waals surface area (Å²) in [6, 6.07) is 5.77. The monoisotopic (exact) mass is 382 g/mol. The molecule has 1 aliphatic heterocycles. The van der Waals surface area contributed by atoms with Gasteiger partial charge in [-0.05, 0) is 48.3 Å². The summed E-state index contributed by atoms with van der Waals surface area (Å²) in [6.07, 6.45) is -0.874. The van der Waals surface area contributed by atoms with Crippen LogP contribution in [-0.4, -0.2) is 12.8 Å². The van der Waals surface area contributed by atoms with Crippen LogP contribution in [0.3, 0.4) is 0 Å². The number of hydrogen-bond donors (Lipinski definition) is 0. The number of ether oxygens (including phenoxy) is 1. The largest absolute Gasteiger partial charge is 0.458 e. The Bertz CT molecular complexity index is 883. The number of rotatable bonds is 3. The second-order valence-corrected chi connectivity index (χ2v) is 6.83. The highest BCUT2D eigenvalue weighted by Crippen LogP contribution is 2.34. The highest BCUT2D eigenvalue weighted by molar-refractivity contribution is 5.85. The van der Waals surface area contributed by atoms with Gasteiger partial charge in [-0.15, -0.1) is 0 Å². The summed E-state index contributed by atoms with van der Waals surface area (Å²) in [7, 11) is 0. The van der Waals surface area contributed by atoms with Gasteiger partial charge in [0.15, 0.2) is 0 Å². The van der Waals surface area contributed by atoms with Crippen molar-refractivity contribution in [2.75, 3.05) is 6.61 Å². The molecule has 6 heteroatoms. The summed E-state index contributed by atoms with van der Waals surface area (Å²) < 4.78 is 71.2. The molecule has 1 nitrogen and oxygen atoms in total. The van der Waals surface area contributed by atoms with Gasteiger partial charge in [0.25, 0.3) is 0 Å². The zero-order chi connectivity index (χ0) is 19.6. The third-order valence-electron chi connectivity index (χ3n) is 4.82. The van der Waals surface area contributed by atoms with E-state index in [4.69, 9.17) is 4.74 Å². The third-order valence-corrected chi connectivity index (χ3v) is 4.82. The third kappa shape index (κ3) is 4.59. The molecule has 0 amide bonds. The SMILES string of the molecule is CCCC1CCC(c2ccc3c(F)c(C#CC(F)(F)F)c(F)cc3c2)OC1. The van der Waals surface area contributed by atoms with Crippen LogP contribution in [0.4, 0.5) is 22.0 Å². The Kier molecular flexibility index (Phi) is 5.71. The standard InChI is InChI=1S/C21H19F5O/c1-2-3-13-4-7-19(27-12-13)14-5-6-16-15(10-14)11-18(22)17(20(16)23)8-9-21(24,25)26/h5-6,10-11,13,19H,2-4,7,12H2,1H3. The first-order chi connectivity index (χ1) is 12.8. The molecule has 2 aromatic rings. The first-order valence-corrected chi connectivity index (χ1v) is 8.91. The van der Waals surface area contributed by atoms with Crippen molar-refractivity contribution in [3.63, 3.8) is 0 Å². The number of hydrogen-bond acceptors (Lipinski definition) is 1. The molecule has 0 aromatic heterocycles. The molecule has 1 aliphatic rings. The van der Waals surface area contributed by atoms with Crippen LogP contribution in [0, 0.1) is 29.4 Å². The number of fused-ring (bicyclic) bond motifs is 1. The van der Waals surface area contributed by atoms with E-state index in [1.54, 1.807) is 18.1 Å². The molecule has 1 saturated heterocycles. The first kappa shape index (κ1) is 19.6. The van der Waals surface area contributed by atoms with E-state index in [-0.39, 0.29) is 16.9 Å². The fourth-order valence-corrected chi connectivity index (χ4v) is 3.50. The van der Waals surface area contributed by atoms with Crippen LogP contribution in [0.15, 0.2) is 24.3 Å². The van der Waals surface area contributed by atoms with Crippen LogP contribution in [0.2, 0.25) is 0 Å². The topological polar surface area (TPSA) is 9.23 Å². The minimum Gasteiger partial charge on any atom is -0.373 e. The summed E-state index contributed by atoms with van der Waals surface area (Å²) in [5.41, 5.74) is -0.0609. The van der Waals surface area contributed by atoms with Crippen molar-refractivity contribution in [2.45, 2.75) is 44.9 Å². The Balaban J connectivity index is 1.90. The molecule has 0 aliphatic carbocycles. The predicted molar refractivity (Wildman–Crippen MR) is 93.1 cm³/mol. The summed E-state index contributed by atoms with van der Waals surface area (Å²) in [5.74, 6) is 0.816. The molecule has 0 radical (unpaired) electrons. The zero-order valence-electron chi connectivity index (χ0n) is 14.8. The Morgan fingerprint density at radius 1 is 1.15 bits per heavy atom. The number of alkyl halides is 3. The average Bonchev–Trinajstić information content (AvgIpc) is 2.61. The van der Waals surface area contributed by atoms with E-state index >= 15 is 0 Å². The number of halogens is 5. The van der Waals surface area contributed by atoms with Crippen molar-refractivity contribution in [1.82, 2.24) is 0 Å². The van der Waals surface area contributed by atoms with Gasteiger partial charge in [0.2, 0.25) is 0 Å². The van der Waals surface area contributed by atoms with E-state index in [0.29, 0.717) is 12.5 Å². The van der Waals surface area contributed by atoms with Crippen LogP contribution in [0.25, 0.3) is 10.8 Å². The van der Waals surface area contributed by atoms with Crippen molar-refractivity contribution < 1.29 is 26.7 Å². The van der Waals surface area contributed by atoms with Crippen molar-refractivity contribution in [1.29, 1.82) is 0 Å². The van der Waals surface area contributed by atoms with Gasteiger partial charge in [-0.25, -0.2) is 8.78 Å². The lowest BCUT2D eigenvalue weighted by Gasteiger charge is -2.29. The van der Waals surface area contributed by atoms with Crippen LogP contribution >= 0.6 is 0 Å². The minimum absolute atomic E-state index is 0.0336. The summed E-state index contributed by atoms with van der Waals surface area (Å²) >= 11 is 0. The second-order valence-electron chi connectivity index (χ2n) is 6.83. The lowest BCUT2D eigenvalue weighted by Crippen LogP contribution is -2.20. The van der Waals surface area contributed by atoms with Crippen molar-refractivity contribution >= 4 is 10.8 Å². The van der Waals surface area contributed by atoms with Gasteiger partial charge in [-0.3, -0.25) is 0 Å². The van der Waals surface area contributed by atoms with E-state index in [1.807, 2.05) is 0 Å². The lowest BCUT2D eigenvalue weighted by molar-refractivity contribution is -0.0696. The van der Waals surface area contributed by atoms with Gasteiger partial charge in [-0.1, -0.05) is 31.4 Å². The smallest absolute Gasteiger partial charge is 0.373 e. The Morgan fingerprint density at radius 3 is 2.56 bits per heavy atom. The summed E-state index contributed by atoms with van der Waals surface area (Å²) in [6.45, 7) is 2.79. The van der Waals surface area contributed by atoms with E-state index < -0.39 is 23.4 Å². The molecule has 2 unspecified atom stereocenters. The molecule has 2 aromatic carbocycles. The van der Waals surface area contributed by atoms with Gasteiger partial charge < -0.3 is 4.74 Å². The molecule has 1 heterocycles. The molecule has 0 bridgehead atoms. The molecule has 0 saturated carbocycles. The maximum absolute atomic E-state index is 14.5. The highest BCUT2D eigenvalue weighted by Gasteiger charge is 2.25. The quantitative estimate of drug-likeness (QED) is 0.447. The molecular weight excluding hydrogens is 363 g/mol.